The van der Waals surface area contributed by atoms with Crippen molar-refractivity contribution in [2.24, 2.45) is 5.73 Å². The minimum Gasteiger partial charge on any atom is -0.328 e. The van der Waals surface area contributed by atoms with Crippen molar-refractivity contribution in [2.45, 2.75) is 37.4 Å². The third-order valence-electron chi connectivity index (χ3n) is 2.63. The van der Waals surface area contributed by atoms with Gasteiger partial charge in [-0.2, -0.15) is 13.2 Å². The average Bonchev–Trinajstić information content (AvgIpc) is 2.69. The van der Waals surface area contributed by atoms with E-state index < -0.39 is 11.9 Å². The predicted octanol–water partition coefficient (Wildman–Crippen LogP) is 3.18. The van der Waals surface area contributed by atoms with Crippen molar-refractivity contribution >= 4 is 23.7 Å². The van der Waals surface area contributed by atoms with Crippen LogP contribution in [0.3, 0.4) is 0 Å². The van der Waals surface area contributed by atoms with Gasteiger partial charge in [-0.1, -0.05) is 0 Å². The fraction of sp³-hybridized carbons (Fsp3) is 0.667. The van der Waals surface area contributed by atoms with Gasteiger partial charge in [0.15, 0.2) is 5.69 Å². The van der Waals surface area contributed by atoms with E-state index in [1.807, 2.05) is 0 Å². The van der Waals surface area contributed by atoms with Gasteiger partial charge in [0.1, 0.15) is 0 Å². The van der Waals surface area contributed by atoms with Crippen molar-refractivity contribution < 1.29 is 13.2 Å². The molecule has 0 spiro atoms. The fourth-order valence-corrected chi connectivity index (χ4v) is 2.82. The quantitative estimate of drug-likeness (QED) is 0.853. The second kappa shape index (κ2) is 4.89. The molecule has 2 nitrogen and oxygen atoms in total. The SMILES string of the molecule is Cl.NC1CCC(c2nc(C(F)(F)F)cs2)C1. The summed E-state index contributed by atoms with van der Waals surface area (Å²) in [5.41, 5.74) is 4.93. The van der Waals surface area contributed by atoms with Crippen LogP contribution in [0.4, 0.5) is 13.2 Å². The molecule has 2 unspecified atom stereocenters. The second-order valence-electron chi connectivity index (χ2n) is 3.84. The van der Waals surface area contributed by atoms with Crippen LogP contribution in [0.1, 0.15) is 35.9 Å². The first kappa shape index (κ1) is 13.7. The Balaban J connectivity index is 0.00000128. The summed E-state index contributed by atoms with van der Waals surface area (Å²) in [7, 11) is 0. The van der Waals surface area contributed by atoms with Gasteiger partial charge in [-0.3, -0.25) is 0 Å². The minimum atomic E-state index is -4.32. The predicted molar refractivity (Wildman–Crippen MR) is 58.9 cm³/mol. The lowest BCUT2D eigenvalue weighted by molar-refractivity contribution is -0.140. The van der Waals surface area contributed by atoms with Crippen molar-refractivity contribution in [3.8, 4) is 0 Å². The summed E-state index contributed by atoms with van der Waals surface area (Å²) < 4.78 is 36.9. The fourth-order valence-electron chi connectivity index (χ4n) is 1.85. The zero-order valence-electron chi connectivity index (χ0n) is 8.33. The van der Waals surface area contributed by atoms with Gasteiger partial charge < -0.3 is 5.73 Å². The van der Waals surface area contributed by atoms with Gasteiger partial charge in [-0.15, -0.1) is 23.7 Å². The Bertz CT molecular complexity index is 353. The second-order valence-corrected chi connectivity index (χ2v) is 4.73. The molecule has 0 bridgehead atoms. The monoisotopic (exact) mass is 272 g/mol. The Kier molecular flexibility index (Phi) is 4.20. The molecule has 1 fully saturated rings. The number of thiazole rings is 1. The van der Waals surface area contributed by atoms with Crippen LogP contribution < -0.4 is 5.73 Å². The molecule has 0 saturated heterocycles. The van der Waals surface area contributed by atoms with E-state index in [1.165, 1.54) is 0 Å². The smallest absolute Gasteiger partial charge is 0.328 e. The maximum Gasteiger partial charge on any atom is 0.434 e. The number of halogens is 4. The molecule has 16 heavy (non-hydrogen) atoms. The molecular formula is C9H12ClF3N2S. The Hall–Kier alpha value is -0.330. The Morgan fingerprint density at radius 3 is 2.50 bits per heavy atom. The lowest BCUT2D eigenvalue weighted by atomic mass is 10.1. The van der Waals surface area contributed by atoms with Crippen LogP contribution in [0.5, 0.6) is 0 Å². The highest BCUT2D eigenvalue weighted by molar-refractivity contribution is 7.09. The highest BCUT2D eigenvalue weighted by Crippen LogP contribution is 2.38. The van der Waals surface area contributed by atoms with E-state index in [4.69, 9.17) is 5.73 Å². The lowest BCUT2D eigenvalue weighted by Crippen LogP contribution is -2.14. The van der Waals surface area contributed by atoms with Gasteiger partial charge in [0.2, 0.25) is 0 Å². The van der Waals surface area contributed by atoms with Crippen LogP contribution in [0.2, 0.25) is 0 Å². The van der Waals surface area contributed by atoms with E-state index >= 15 is 0 Å². The first-order valence-electron chi connectivity index (χ1n) is 4.75. The third kappa shape index (κ3) is 2.87. The lowest BCUT2D eigenvalue weighted by Gasteiger charge is -2.05. The van der Waals surface area contributed by atoms with Crippen LogP contribution in [0.15, 0.2) is 5.38 Å². The molecule has 1 aromatic heterocycles. The van der Waals surface area contributed by atoms with Gasteiger partial charge >= 0.3 is 6.18 Å². The van der Waals surface area contributed by atoms with Crippen molar-refractivity contribution in [3.05, 3.63) is 16.1 Å². The molecule has 1 aromatic rings. The number of nitrogens with two attached hydrogens (primary N) is 1. The molecule has 1 heterocycles. The highest BCUT2D eigenvalue weighted by atomic mass is 35.5. The molecule has 2 rings (SSSR count). The molecule has 0 aromatic carbocycles. The van der Waals surface area contributed by atoms with E-state index in [9.17, 15) is 13.2 Å². The molecule has 0 amide bonds. The summed E-state index contributed by atoms with van der Waals surface area (Å²) in [5.74, 6) is 0.126. The summed E-state index contributed by atoms with van der Waals surface area (Å²) in [4.78, 5) is 3.64. The molecule has 92 valence electrons. The molecule has 0 radical (unpaired) electrons. The van der Waals surface area contributed by atoms with Crippen molar-refractivity contribution in [1.29, 1.82) is 0 Å². The number of aromatic nitrogens is 1. The van der Waals surface area contributed by atoms with E-state index in [2.05, 4.69) is 4.98 Å². The van der Waals surface area contributed by atoms with E-state index in [0.29, 0.717) is 5.01 Å². The molecule has 0 aliphatic heterocycles. The Morgan fingerprint density at radius 2 is 2.06 bits per heavy atom. The van der Waals surface area contributed by atoms with Crippen LogP contribution in [0, 0.1) is 0 Å². The molecule has 2 N–H and O–H groups in total. The maximum atomic E-state index is 12.3. The number of alkyl halides is 3. The number of rotatable bonds is 1. The van der Waals surface area contributed by atoms with Crippen molar-refractivity contribution in [1.82, 2.24) is 4.98 Å². The zero-order chi connectivity index (χ0) is 11.1. The average molecular weight is 273 g/mol. The minimum absolute atomic E-state index is 0. The summed E-state index contributed by atoms with van der Waals surface area (Å²) in [6, 6.07) is 0.119. The molecule has 7 heteroatoms. The van der Waals surface area contributed by atoms with Gasteiger partial charge in [0, 0.05) is 17.3 Å². The summed E-state index contributed by atoms with van der Waals surface area (Å²) >= 11 is 1.09. The standard InChI is InChI=1S/C9H11F3N2S.ClH/c10-9(11,12)7-4-15-8(14-7)5-1-2-6(13)3-5;/h4-6H,1-3,13H2;1H. The largest absolute Gasteiger partial charge is 0.434 e. The molecule has 1 saturated carbocycles. The van der Waals surface area contributed by atoms with Crippen LogP contribution in [-0.2, 0) is 6.18 Å². The van der Waals surface area contributed by atoms with Gasteiger partial charge in [0.05, 0.1) is 5.01 Å². The molecule has 2 atom stereocenters. The molecular weight excluding hydrogens is 261 g/mol. The third-order valence-corrected chi connectivity index (χ3v) is 3.64. The number of hydrogen-bond donors (Lipinski definition) is 1. The van der Waals surface area contributed by atoms with E-state index in [1.54, 1.807) is 0 Å². The van der Waals surface area contributed by atoms with Crippen LogP contribution >= 0.6 is 23.7 Å². The van der Waals surface area contributed by atoms with Crippen LogP contribution in [0.25, 0.3) is 0 Å². The van der Waals surface area contributed by atoms with Gasteiger partial charge in [0.25, 0.3) is 0 Å². The maximum absolute atomic E-state index is 12.3. The van der Waals surface area contributed by atoms with Crippen LogP contribution in [-0.4, -0.2) is 11.0 Å². The summed E-state index contributed by atoms with van der Waals surface area (Å²) in [6.45, 7) is 0. The summed E-state index contributed by atoms with van der Waals surface area (Å²) in [6.07, 6.45) is -1.84. The van der Waals surface area contributed by atoms with E-state index in [-0.39, 0.29) is 24.4 Å². The Morgan fingerprint density at radius 1 is 1.38 bits per heavy atom. The van der Waals surface area contributed by atoms with Crippen molar-refractivity contribution in [3.63, 3.8) is 0 Å². The van der Waals surface area contributed by atoms with E-state index in [0.717, 1.165) is 36.0 Å². The summed E-state index contributed by atoms with van der Waals surface area (Å²) in [5, 5.41) is 1.66. The van der Waals surface area contributed by atoms with Crippen molar-refractivity contribution in [2.75, 3.05) is 0 Å². The highest BCUT2D eigenvalue weighted by Gasteiger charge is 2.35. The topological polar surface area (TPSA) is 38.9 Å². The molecule has 1 aliphatic carbocycles. The first-order valence-corrected chi connectivity index (χ1v) is 5.63. The van der Waals surface area contributed by atoms with Gasteiger partial charge in [-0.25, -0.2) is 4.98 Å². The van der Waals surface area contributed by atoms with Gasteiger partial charge in [-0.05, 0) is 19.3 Å². The zero-order valence-corrected chi connectivity index (χ0v) is 9.96. The first-order chi connectivity index (χ1) is 6.97. The number of nitrogens with zero attached hydrogens (tertiary/aromatic N) is 1. The number of hydrogen-bond acceptors (Lipinski definition) is 3. The normalized spacial score (nSPS) is 25.5. The Labute approximate surface area is 101 Å². The molecule has 1 aliphatic rings.